The Morgan fingerprint density at radius 2 is 1.40 bits per heavy atom. The number of hydrogen-bond donors (Lipinski definition) is 1. The molecule has 30 heavy (non-hydrogen) atoms. The van der Waals surface area contributed by atoms with Gasteiger partial charge in [0, 0.05) is 18.1 Å². The number of carbonyl (C=O) groups is 2. The zero-order chi connectivity index (χ0) is 21.3. The Labute approximate surface area is 182 Å². The fourth-order valence-corrected chi connectivity index (χ4v) is 3.30. The molecule has 1 N–H and O–H groups in total. The maximum atomic E-state index is 13.1. The topological polar surface area (TPSA) is 49.4 Å². The third-order valence-electron chi connectivity index (χ3n) is 4.94. The predicted octanol–water partition coefficient (Wildman–Crippen LogP) is 4.62. The van der Waals surface area contributed by atoms with E-state index in [1.807, 2.05) is 72.8 Å². The van der Waals surface area contributed by atoms with Gasteiger partial charge in [-0.05, 0) is 35.7 Å². The summed E-state index contributed by atoms with van der Waals surface area (Å²) in [5.74, 6) is -0.276. The summed E-state index contributed by atoms with van der Waals surface area (Å²) < 4.78 is 0. The highest BCUT2D eigenvalue weighted by molar-refractivity contribution is 6.30. The maximum absolute atomic E-state index is 13.1. The molecule has 0 radical (unpaired) electrons. The van der Waals surface area contributed by atoms with E-state index in [1.165, 1.54) is 0 Å². The van der Waals surface area contributed by atoms with Crippen LogP contribution in [0.5, 0.6) is 0 Å². The molecular formula is C25H25ClN2O2. The Hall–Kier alpha value is -3.11. The highest BCUT2D eigenvalue weighted by Gasteiger charge is 2.26. The van der Waals surface area contributed by atoms with E-state index in [0.29, 0.717) is 18.1 Å². The quantitative estimate of drug-likeness (QED) is 0.578. The van der Waals surface area contributed by atoms with E-state index >= 15 is 0 Å². The van der Waals surface area contributed by atoms with Crippen molar-refractivity contribution in [1.29, 1.82) is 0 Å². The van der Waals surface area contributed by atoms with Gasteiger partial charge in [-0.2, -0.15) is 0 Å². The summed E-state index contributed by atoms with van der Waals surface area (Å²) in [6, 6.07) is 26.0. The van der Waals surface area contributed by atoms with Crippen LogP contribution in [0.3, 0.4) is 0 Å². The van der Waals surface area contributed by atoms with E-state index in [-0.39, 0.29) is 18.2 Å². The molecule has 3 aromatic rings. The molecule has 3 rings (SSSR count). The minimum absolute atomic E-state index is 0.0841. The highest BCUT2D eigenvalue weighted by Crippen LogP contribution is 2.13. The van der Waals surface area contributed by atoms with Crippen molar-refractivity contribution in [2.45, 2.75) is 32.5 Å². The van der Waals surface area contributed by atoms with Gasteiger partial charge in [-0.15, -0.1) is 0 Å². The lowest BCUT2D eigenvalue weighted by Crippen LogP contribution is -2.47. The fourth-order valence-electron chi connectivity index (χ4n) is 3.17. The van der Waals surface area contributed by atoms with Gasteiger partial charge in [0.2, 0.25) is 11.8 Å². The Morgan fingerprint density at radius 1 is 0.833 bits per heavy atom. The first-order valence-corrected chi connectivity index (χ1v) is 10.3. The van der Waals surface area contributed by atoms with E-state index in [4.69, 9.17) is 11.6 Å². The lowest BCUT2D eigenvalue weighted by atomic mass is 10.1. The molecule has 0 aliphatic heterocycles. The van der Waals surface area contributed by atoms with Crippen LogP contribution in [0.1, 0.15) is 23.6 Å². The molecule has 0 fully saturated rings. The summed E-state index contributed by atoms with van der Waals surface area (Å²) in [6.07, 6.45) is 0.252. The van der Waals surface area contributed by atoms with Gasteiger partial charge in [0.15, 0.2) is 0 Å². The molecule has 0 bridgehead atoms. The average Bonchev–Trinajstić information content (AvgIpc) is 2.77. The lowest BCUT2D eigenvalue weighted by molar-refractivity contribution is -0.140. The summed E-state index contributed by atoms with van der Waals surface area (Å²) in [5, 5.41) is 3.58. The number of amides is 2. The zero-order valence-corrected chi connectivity index (χ0v) is 17.7. The fraction of sp³-hybridized carbons (Fsp3) is 0.200. The second-order valence-corrected chi connectivity index (χ2v) is 7.63. The summed E-state index contributed by atoms with van der Waals surface area (Å²) in [5.41, 5.74) is 2.86. The van der Waals surface area contributed by atoms with Gasteiger partial charge in [0.25, 0.3) is 0 Å². The molecule has 1 unspecified atom stereocenters. The molecule has 154 valence electrons. The molecule has 0 saturated heterocycles. The van der Waals surface area contributed by atoms with Crippen molar-refractivity contribution in [2.75, 3.05) is 0 Å². The predicted molar refractivity (Wildman–Crippen MR) is 120 cm³/mol. The smallest absolute Gasteiger partial charge is 0.242 e. The Kier molecular flexibility index (Phi) is 7.63. The minimum Gasteiger partial charge on any atom is -0.350 e. The van der Waals surface area contributed by atoms with Crippen LogP contribution in [0.15, 0.2) is 84.9 Å². The van der Waals surface area contributed by atoms with Crippen molar-refractivity contribution < 1.29 is 9.59 Å². The molecule has 4 nitrogen and oxygen atoms in total. The summed E-state index contributed by atoms with van der Waals surface area (Å²) >= 11 is 5.91. The monoisotopic (exact) mass is 420 g/mol. The van der Waals surface area contributed by atoms with Crippen molar-refractivity contribution in [2.24, 2.45) is 0 Å². The van der Waals surface area contributed by atoms with Crippen LogP contribution in [0.4, 0.5) is 0 Å². The van der Waals surface area contributed by atoms with Crippen molar-refractivity contribution >= 4 is 23.4 Å². The van der Waals surface area contributed by atoms with E-state index in [1.54, 1.807) is 24.0 Å². The molecule has 2 amide bonds. The van der Waals surface area contributed by atoms with Gasteiger partial charge < -0.3 is 10.2 Å². The Bertz CT molecular complexity index is 959. The van der Waals surface area contributed by atoms with E-state index in [0.717, 1.165) is 16.7 Å². The molecule has 1 atom stereocenters. The summed E-state index contributed by atoms with van der Waals surface area (Å²) in [7, 11) is 0. The van der Waals surface area contributed by atoms with Gasteiger partial charge >= 0.3 is 0 Å². The van der Waals surface area contributed by atoms with Crippen LogP contribution in [-0.4, -0.2) is 22.8 Å². The standard InChI is InChI=1S/C25H25ClN2O2/c1-19(25(30)27-17-21-12-14-23(26)15-13-21)28(18-22-10-6-3-7-11-22)24(29)16-20-8-4-2-5-9-20/h2-15,19H,16-18H2,1H3,(H,27,30). The van der Waals surface area contributed by atoms with Crippen LogP contribution in [0.2, 0.25) is 5.02 Å². The van der Waals surface area contributed by atoms with Crippen LogP contribution < -0.4 is 5.32 Å². The highest BCUT2D eigenvalue weighted by atomic mass is 35.5. The largest absolute Gasteiger partial charge is 0.350 e. The summed E-state index contributed by atoms with van der Waals surface area (Å²) in [4.78, 5) is 27.6. The number of rotatable bonds is 8. The normalized spacial score (nSPS) is 11.5. The third-order valence-corrected chi connectivity index (χ3v) is 5.19. The molecule has 0 spiro atoms. The van der Waals surface area contributed by atoms with Gasteiger partial charge in [-0.25, -0.2) is 0 Å². The SMILES string of the molecule is CC(C(=O)NCc1ccc(Cl)cc1)N(Cc1ccccc1)C(=O)Cc1ccccc1. The van der Waals surface area contributed by atoms with Crippen molar-refractivity contribution in [1.82, 2.24) is 10.2 Å². The number of benzene rings is 3. The molecular weight excluding hydrogens is 396 g/mol. The molecule has 0 aliphatic rings. The second-order valence-electron chi connectivity index (χ2n) is 7.19. The van der Waals surface area contributed by atoms with Crippen LogP contribution in [0, 0.1) is 0 Å². The minimum atomic E-state index is -0.603. The summed E-state index contributed by atoms with van der Waals surface area (Å²) in [6.45, 7) is 2.53. The van der Waals surface area contributed by atoms with E-state index in [2.05, 4.69) is 5.32 Å². The molecule has 0 saturated carbocycles. The zero-order valence-electron chi connectivity index (χ0n) is 16.9. The molecule has 5 heteroatoms. The van der Waals surface area contributed by atoms with Gasteiger partial charge in [-0.3, -0.25) is 9.59 Å². The van der Waals surface area contributed by atoms with Crippen molar-refractivity contribution in [3.8, 4) is 0 Å². The van der Waals surface area contributed by atoms with Gasteiger partial charge in [0.05, 0.1) is 6.42 Å². The van der Waals surface area contributed by atoms with E-state index in [9.17, 15) is 9.59 Å². The van der Waals surface area contributed by atoms with Crippen LogP contribution in [-0.2, 0) is 29.1 Å². The van der Waals surface area contributed by atoms with Crippen LogP contribution in [0.25, 0.3) is 0 Å². The number of halogens is 1. The molecule has 0 heterocycles. The lowest BCUT2D eigenvalue weighted by Gasteiger charge is -2.29. The van der Waals surface area contributed by atoms with Crippen molar-refractivity contribution in [3.05, 3.63) is 107 Å². The molecule has 0 aromatic heterocycles. The first-order chi connectivity index (χ1) is 14.5. The molecule has 3 aromatic carbocycles. The number of hydrogen-bond acceptors (Lipinski definition) is 2. The first kappa shape index (κ1) is 21.6. The first-order valence-electron chi connectivity index (χ1n) is 9.92. The van der Waals surface area contributed by atoms with Crippen LogP contribution >= 0.6 is 11.6 Å². The number of carbonyl (C=O) groups excluding carboxylic acids is 2. The van der Waals surface area contributed by atoms with Gasteiger partial charge in [0.1, 0.15) is 6.04 Å². The van der Waals surface area contributed by atoms with Gasteiger partial charge in [-0.1, -0.05) is 84.4 Å². The van der Waals surface area contributed by atoms with E-state index < -0.39 is 6.04 Å². The third kappa shape index (κ3) is 6.19. The second kappa shape index (κ2) is 10.6. The Balaban J connectivity index is 1.71. The molecule has 0 aliphatic carbocycles. The maximum Gasteiger partial charge on any atom is 0.242 e. The average molecular weight is 421 g/mol. The Morgan fingerprint density at radius 3 is 2.00 bits per heavy atom. The number of nitrogens with zero attached hydrogens (tertiary/aromatic N) is 1. The van der Waals surface area contributed by atoms with Crippen molar-refractivity contribution in [3.63, 3.8) is 0 Å². The number of nitrogens with one attached hydrogen (secondary N) is 1.